The predicted octanol–water partition coefficient (Wildman–Crippen LogP) is 3.09. The third-order valence-electron chi connectivity index (χ3n) is 6.20. The van der Waals surface area contributed by atoms with Gasteiger partial charge in [-0.1, -0.05) is 48.5 Å². The summed E-state index contributed by atoms with van der Waals surface area (Å²) in [6.07, 6.45) is -0.535. The maximum absolute atomic E-state index is 12.4. The van der Waals surface area contributed by atoms with Crippen LogP contribution in [0, 0.1) is 5.41 Å². The molecule has 0 atom stereocenters. The number of β-amino-alcohol motifs (C(OH)–C–C–N with tert-alkyl or cyclic N) is 1. The van der Waals surface area contributed by atoms with E-state index in [2.05, 4.69) is 12.1 Å². The number of nitrogens with zero attached hydrogens (tertiary/aromatic N) is 1. The normalized spacial score (nSPS) is 17.5. The van der Waals surface area contributed by atoms with E-state index >= 15 is 0 Å². The monoisotopic (exact) mass is 381 g/mol. The molecule has 146 valence electrons. The van der Waals surface area contributed by atoms with E-state index in [0.29, 0.717) is 0 Å². The molecule has 0 aromatic heterocycles. The Morgan fingerprint density at radius 1 is 1.07 bits per heavy atom. The molecule has 1 saturated heterocycles. The van der Waals surface area contributed by atoms with Crippen molar-refractivity contribution in [1.82, 2.24) is 4.90 Å². The highest BCUT2D eigenvalue weighted by Gasteiger charge is 2.58. The standard InChI is InChI=1S/C22H23NO5/c1-21(2,19(24)25)22(27)12-23(13-22)20(26)28-11-18-16-9-5-3-7-14(16)15-8-4-6-10-17(15)18/h3-10,18,27H,11-13H2,1-2H3,(H,24,25). The van der Waals surface area contributed by atoms with Gasteiger partial charge in [-0.3, -0.25) is 4.79 Å². The minimum absolute atomic E-state index is 0.0352. The molecule has 4 rings (SSSR count). The number of hydrogen-bond acceptors (Lipinski definition) is 4. The first-order valence-electron chi connectivity index (χ1n) is 9.30. The number of rotatable bonds is 4. The number of benzene rings is 2. The van der Waals surface area contributed by atoms with Crippen LogP contribution in [0.25, 0.3) is 11.1 Å². The van der Waals surface area contributed by atoms with Gasteiger partial charge in [0.25, 0.3) is 0 Å². The lowest BCUT2D eigenvalue weighted by Gasteiger charge is -2.52. The number of carboxylic acids is 1. The minimum atomic E-state index is -1.45. The topological polar surface area (TPSA) is 87.1 Å². The van der Waals surface area contributed by atoms with Gasteiger partial charge >= 0.3 is 12.1 Å². The van der Waals surface area contributed by atoms with Crippen LogP contribution in [0.5, 0.6) is 0 Å². The van der Waals surface area contributed by atoms with Crippen LogP contribution in [0.3, 0.4) is 0 Å². The van der Waals surface area contributed by atoms with Gasteiger partial charge in [0.15, 0.2) is 0 Å². The molecule has 0 unspecified atom stereocenters. The van der Waals surface area contributed by atoms with Crippen molar-refractivity contribution in [1.29, 1.82) is 0 Å². The van der Waals surface area contributed by atoms with Crippen molar-refractivity contribution >= 4 is 12.1 Å². The molecule has 2 aromatic rings. The molecule has 1 aliphatic heterocycles. The summed E-state index contributed by atoms with van der Waals surface area (Å²) < 4.78 is 5.54. The number of amides is 1. The lowest BCUT2D eigenvalue weighted by molar-refractivity contribution is -0.188. The number of carbonyl (C=O) groups excluding carboxylic acids is 1. The van der Waals surface area contributed by atoms with E-state index in [0.717, 1.165) is 22.3 Å². The zero-order chi connectivity index (χ0) is 20.1. The number of carboxylic acid groups (broad SMARTS) is 1. The fourth-order valence-corrected chi connectivity index (χ4v) is 3.99. The summed E-state index contributed by atoms with van der Waals surface area (Å²) in [6, 6.07) is 16.2. The van der Waals surface area contributed by atoms with Gasteiger partial charge in [0.05, 0.1) is 18.5 Å². The van der Waals surface area contributed by atoms with Gasteiger partial charge in [0, 0.05) is 5.92 Å². The van der Waals surface area contributed by atoms with Crippen LogP contribution in [-0.2, 0) is 9.53 Å². The molecule has 6 heteroatoms. The number of hydrogen-bond donors (Lipinski definition) is 2. The molecule has 2 aromatic carbocycles. The number of likely N-dealkylation sites (tertiary alicyclic amines) is 1. The average molecular weight is 381 g/mol. The van der Waals surface area contributed by atoms with Crippen molar-refractivity contribution in [2.75, 3.05) is 19.7 Å². The highest BCUT2D eigenvalue weighted by atomic mass is 16.6. The van der Waals surface area contributed by atoms with E-state index in [-0.39, 0.29) is 25.6 Å². The second-order valence-electron chi connectivity index (χ2n) is 8.12. The van der Waals surface area contributed by atoms with Gasteiger partial charge in [-0.25, -0.2) is 4.79 Å². The number of carbonyl (C=O) groups is 2. The quantitative estimate of drug-likeness (QED) is 0.850. The van der Waals surface area contributed by atoms with Crippen molar-refractivity contribution in [3.63, 3.8) is 0 Å². The summed E-state index contributed by atoms with van der Waals surface area (Å²) in [4.78, 5) is 25.2. The maximum Gasteiger partial charge on any atom is 0.409 e. The molecule has 0 bridgehead atoms. The Labute approximate surface area is 163 Å². The number of aliphatic hydroxyl groups is 1. The van der Waals surface area contributed by atoms with Crippen LogP contribution in [-0.4, -0.2) is 52.5 Å². The van der Waals surface area contributed by atoms with Crippen molar-refractivity contribution in [2.24, 2.45) is 5.41 Å². The molecule has 1 amide bonds. The van der Waals surface area contributed by atoms with E-state index in [1.807, 2.05) is 36.4 Å². The Balaban J connectivity index is 1.44. The van der Waals surface area contributed by atoms with E-state index in [9.17, 15) is 19.8 Å². The first-order chi connectivity index (χ1) is 13.2. The molecular formula is C22H23NO5. The Bertz CT molecular complexity index is 900. The fraction of sp³-hybridized carbons (Fsp3) is 0.364. The van der Waals surface area contributed by atoms with E-state index < -0.39 is 23.1 Å². The third-order valence-corrected chi connectivity index (χ3v) is 6.20. The molecule has 2 N–H and O–H groups in total. The zero-order valence-electron chi connectivity index (χ0n) is 15.9. The van der Waals surface area contributed by atoms with Crippen molar-refractivity contribution in [3.8, 4) is 11.1 Å². The number of fused-ring (bicyclic) bond motifs is 3. The van der Waals surface area contributed by atoms with Crippen LogP contribution in [0.15, 0.2) is 48.5 Å². The average Bonchev–Trinajstić information content (AvgIpc) is 2.97. The first-order valence-corrected chi connectivity index (χ1v) is 9.30. The number of aliphatic carboxylic acids is 1. The second kappa shape index (κ2) is 6.34. The van der Waals surface area contributed by atoms with Gasteiger partial charge < -0.3 is 19.8 Å². The third kappa shape index (κ3) is 2.67. The van der Waals surface area contributed by atoms with Crippen LogP contribution in [0.1, 0.15) is 30.9 Å². The lowest BCUT2D eigenvalue weighted by Crippen LogP contribution is -2.71. The van der Waals surface area contributed by atoms with Crippen molar-refractivity contribution < 1.29 is 24.5 Å². The summed E-state index contributed by atoms with van der Waals surface area (Å²) in [5.74, 6) is -1.13. The molecule has 0 spiro atoms. The molecule has 28 heavy (non-hydrogen) atoms. The van der Waals surface area contributed by atoms with Crippen LogP contribution >= 0.6 is 0 Å². The molecule has 1 fully saturated rings. The van der Waals surface area contributed by atoms with Gasteiger partial charge in [0.1, 0.15) is 12.2 Å². The predicted molar refractivity (Wildman–Crippen MR) is 103 cm³/mol. The van der Waals surface area contributed by atoms with Gasteiger partial charge in [-0.15, -0.1) is 0 Å². The zero-order valence-corrected chi connectivity index (χ0v) is 15.9. The Morgan fingerprint density at radius 3 is 2.07 bits per heavy atom. The SMILES string of the molecule is CC(C)(C(=O)O)C1(O)CN(C(=O)OCC2c3ccccc3-c3ccccc32)C1. The maximum atomic E-state index is 12.4. The minimum Gasteiger partial charge on any atom is -0.481 e. The summed E-state index contributed by atoms with van der Waals surface area (Å²) in [7, 11) is 0. The van der Waals surface area contributed by atoms with Gasteiger partial charge in [0.2, 0.25) is 0 Å². The van der Waals surface area contributed by atoms with Crippen LogP contribution < -0.4 is 0 Å². The lowest BCUT2D eigenvalue weighted by atomic mass is 9.70. The second-order valence-corrected chi connectivity index (χ2v) is 8.12. The summed E-state index contributed by atoms with van der Waals surface area (Å²) >= 11 is 0. The molecule has 6 nitrogen and oxygen atoms in total. The molecule has 1 aliphatic carbocycles. The molecular weight excluding hydrogens is 358 g/mol. The van der Waals surface area contributed by atoms with Crippen LogP contribution in [0.2, 0.25) is 0 Å². The smallest absolute Gasteiger partial charge is 0.409 e. The van der Waals surface area contributed by atoms with Gasteiger partial charge in [-0.2, -0.15) is 0 Å². The summed E-state index contributed by atoms with van der Waals surface area (Å²) in [5.41, 5.74) is 1.77. The fourth-order valence-electron chi connectivity index (χ4n) is 3.99. The molecule has 0 saturated carbocycles. The van der Waals surface area contributed by atoms with E-state index in [1.54, 1.807) is 0 Å². The Kier molecular flexibility index (Phi) is 4.19. The highest BCUT2D eigenvalue weighted by Crippen LogP contribution is 2.45. The largest absolute Gasteiger partial charge is 0.481 e. The van der Waals surface area contributed by atoms with Crippen molar-refractivity contribution in [2.45, 2.75) is 25.4 Å². The van der Waals surface area contributed by atoms with Crippen molar-refractivity contribution in [3.05, 3.63) is 59.7 Å². The first kappa shape index (κ1) is 18.5. The summed E-state index contributed by atoms with van der Waals surface area (Å²) in [6.45, 7) is 3.02. The highest BCUT2D eigenvalue weighted by molar-refractivity contribution is 5.79. The van der Waals surface area contributed by atoms with E-state index in [4.69, 9.17) is 4.74 Å². The Morgan fingerprint density at radius 2 is 1.57 bits per heavy atom. The Hall–Kier alpha value is -2.86. The molecule has 2 aliphatic rings. The van der Waals surface area contributed by atoms with Crippen LogP contribution in [0.4, 0.5) is 4.79 Å². The molecule has 1 heterocycles. The van der Waals surface area contributed by atoms with Gasteiger partial charge in [-0.05, 0) is 36.1 Å². The number of ether oxygens (including phenoxy) is 1. The summed E-state index contributed by atoms with van der Waals surface area (Å²) in [5, 5.41) is 19.8. The molecule has 0 radical (unpaired) electrons. The van der Waals surface area contributed by atoms with E-state index in [1.165, 1.54) is 18.7 Å².